The smallest absolute Gasteiger partial charge is 0.329 e. The number of hydrazone groups is 1. The van der Waals surface area contributed by atoms with E-state index in [9.17, 15) is 9.59 Å². The third-order valence-corrected chi connectivity index (χ3v) is 3.26. The number of carbonyl (C=O) groups is 2. The molecule has 124 valence electrons. The topological polar surface area (TPSA) is 79.8 Å². The maximum atomic E-state index is 11.7. The summed E-state index contributed by atoms with van der Waals surface area (Å²) < 4.78 is 5.16. The first-order valence-electron chi connectivity index (χ1n) is 7.49. The van der Waals surface area contributed by atoms with Crippen LogP contribution in [0.4, 0.5) is 0 Å². The minimum absolute atomic E-state index is 0.381. The van der Waals surface area contributed by atoms with Gasteiger partial charge in [0.05, 0.1) is 13.3 Å². The molecule has 2 N–H and O–H groups in total. The molecule has 0 radical (unpaired) electrons. The maximum Gasteiger partial charge on any atom is 0.329 e. The molecule has 2 aromatic carbocycles. The summed E-state index contributed by atoms with van der Waals surface area (Å²) in [6, 6.07) is 16.9. The molecule has 0 fully saturated rings. The van der Waals surface area contributed by atoms with Gasteiger partial charge < -0.3 is 10.1 Å². The predicted octanol–water partition coefficient (Wildman–Crippen LogP) is 1.50. The molecule has 0 bridgehead atoms. The third-order valence-electron chi connectivity index (χ3n) is 3.26. The van der Waals surface area contributed by atoms with E-state index in [4.69, 9.17) is 4.74 Å². The van der Waals surface area contributed by atoms with E-state index in [1.807, 2.05) is 42.5 Å². The summed E-state index contributed by atoms with van der Waals surface area (Å²) in [5.41, 5.74) is 3.98. The second kappa shape index (κ2) is 9.09. The van der Waals surface area contributed by atoms with E-state index in [1.165, 1.54) is 6.21 Å². The molecule has 0 aliphatic carbocycles. The Morgan fingerprint density at radius 3 is 2.50 bits per heavy atom. The van der Waals surface area contributed by atoms with Gasteiger partial charge in [0, 0.05) is 12.1 Å². The molecule has 2 amide bonds. The maximum absolute atomic E-state index is 11.7. The lowest BCUT2D eigenvalue weighted by atomic mass is 10.1. The standard InChI is InChI=1S/C18H19N3O3/c1-24-16-10-6-5-9-15(16)13-20-21-18(23)17(22)19-12-11-14-7-3-2-4-8-14/h2-10,13H,11-12H2,1H3,(H,19,22)(H,21,23)/b20-13+. The van der Waals surface area contributed by atoms with Gasteiger partial charge in [0.2, 0.25) is 0 Å². The molecule has 0 heterocycles. The average molecular weight is 325 g/mol. The van der Waals surface area contributed by atoms with Gasteiger partial charge in [0.25, 0.3) is 0 Å². The normalized spacial score (nSPS) is 10.4. The number of hydrogen-bond acceptors (Lipinski definition) is 4. The van der Waals surface area contributed by atoms with Crippen LogP contribution in [0.1, 0.15) is 11.1 Å². The van der Waals surface area contributed by atoms with Crippen LogP contribution in [0.3, 0.4) is 0 Å². The largest absolute Gasteiger partial charge is 0.496 e. The summed E-state index contributed by atoms with van der Waals surface area (Å²) in [7, 11) is 1.55. The van der Waals surface area contributed by atoms with Gasteiger partial charge in [-0.25, -0.2) is 5.43 Å². The van der Waals surface area contributed by atoms with Crippen molar-refractivity contribution in [1.29, 1.82) is 0 Å². The van der Waals surface area contributed by atoms with E-state index in [-0.39, 0.29) is 0 Å². The molecule has 2 rings (SSSR count). The fourth-order valence-electron chi connectivity index (χ4n) is 2.03. The first kappa shape index (κ1) is 17.2. The van der Waals surface area contributed by atoms with Gasteiger partial charge in [-0.2, -0.15) is 5.10 Å². The highest BCUT2D eigenvalue weighted by Gasteiger charge is 2.11. The summed E-state index contributed by atoms with van der Waals surface area (Å²) in [6.07, 6.45) is 2.08. The zero-order valence-electron chi connectivity index (χ0n) is 13.4. The van der Waals surface area contributed by atoms with E-state index in [0.717, 1.165) is 5.56 Å². The summed E-state index contributed by atoms with van der Waals surface area (Å²) >= 11 is 0. The number of nitrogens with zero attached hydrogens (tertiary/aromatic N) is 1. The number of hydrogen-bond donors (Lipinski definition) is 2. The van der Waals surface area contributed by atoms with Crippen LogP contribution in [-0.4, -0.2) is 31.7 Å². The van der Waals surface area contributed by atoms with E-state index in [2.05, 4.69) is 15.8 Å². The summed E-state index contributed by atoms with van der Waals surface area (Å²) in [5, 5.41) is 6.32. The fraction of sp³-hybridized carbons (Fsp3) is 0.167. The summed E-state index contributed by atoms with van der Waals surface area (Å²) in [4.78, 5) is 23.3. The average Bonchev–Trinajstić information content (AvgIpc) is 2.62. The molecule has 6 nitrogen and oxygen atoms in total. The van der Waals surface area contributed by atoms with E-state index < -0.39 is 11.8 Å². The molecule has 0 atom stereocenters. The molecule has 6 heteroatoms. The Hall–Kier alpha value is -3.15. The van der Waals surface area contributed by atoms with Crippen molar-refractivity contribution in [3.8, 4) is 5.75 Å². The minimum Gasteiger partial charge on any atom is -0.496 e. The lowest BCUT2D eigenvalue weighted by molar-refractivity contribution is -0.139. The minimum atomic E-state index is -0.811. The number of ether oxygens (including phenoxy) is 1. The van der Waals surface area contributed by atoms with Crippen LogP contribution in [0.2, 0.25) is 0 Å². The first-order chi connectivity index (χ1) is 11.7. The zero-order chi connectivity index (χ0) is 17.2. The van der Waals surface area contributed by atoms with Crippen LogP contribution >= 0.6 is 0 Å². The second-order valence-electron chi connectivity index (χ2n) is 4.93. The SMILES string of the molecule is COc1ccccc1/C=N/NC(=O)C(=O)NCCc1ccccc1. The molecular weight excluding hydrogens is 306 g/mol. The lowest BCUT2D eigenvalue weighted by Crippen LogP contribution is -2.38. The van der Waals surface area contributed by atoms with E-state index in [0.29, 0.717) is 24.3 Å². The van der Waals surface area contributed by atoms with Crippen molar-refractivity contribution >= 4 is 18.0 Å². The molecule has 24 heavy (non-hydrogen) atoms. The number of benzene rings is 2. The van der Waals surface area contributed by atoms with Crippen LogP contribution < -0.4 is 15.5 Å². The van der Waals surface area contributed by atoms with Crippen molar-refractivity contribution in [1.82, 2.24) is 10.7 Å². The predicted molar refractivity (Wildman–Crippen MR) is 91.9 cm³/mol. The van der Waals surface area contributed by atoms with Gasteiger partial charge in [-0.1, -0.05) is 42.5 Å². The number of amides is 2. The van der Waals surface area contributed by atoms with Crippen molar-refractivity contribution in [3.05, 3.63) is 65.7 Å². The van der Waals surface area contributed by atoms with Crippen LogP contribution in [0, 0.1) is 0 Å². The molecule has 0 saturated carbocycles. The highest BCUT2D eigenvalue weighted by atomic mass is 16.5. The Balaban J connectivity index is 1.77. The van der Waals surface area contributed by atoms with Crippen molar-refractivity contribution in [2.45, 2.75) is 6.42 Å². The molecule has 2 aromatic rings. The second-order valence-corrected chi connectivity index (χ2v) is 4.93. The molecule has 0 aliphatic heterocycles. The number of carbonyl (C=O) groups excluding carboxylic acids is 2. The van der Waals surface area contributed by atoms with Crippen LogP contribution in [-0.2, 0) is 16.0 Å². The van der Waals surface area contributed by atoms with Crippen LogP contribution in [0.15, 0.2) is 59.7 Å². The molecule has 0 aromatic heterocycles. The quantitative estimate of drug-likeness (QED) is 0.480. The third kappa shape index (κ3) is 5.24. The molecule has 0 spiro atoms. The van der Waals surface area contributed by atoms with Gasteiger partial charge in [-0.05, 0) is 24.1 Å². The van der Waals surface area contributed by atoms with Crippen molar-refractivity contribution in [3.63, 3.8) is 0 Å². The summed E-state index contributed by atoms with van der Waals surface area (Å²) in [6.45, 7) is 0.381. The Kier molecular flexibility index (Phi) is 6.52. The number of para-hydroxylation sites is 1. The highest BCUT2D eigenvalue weighted by molar-refractivity contribution is 6.35. The molecule has 0 aliphatic rings. The van der Waals surface area contributed by atoms with Gasteiger partial charge in [0.15, 0.2) is 0 Å². The van der Waals surface area contributed by atoms with Gasteiger partial charge in [0.1, 0.15) is 5.75 Å². The molecular formula is C18H19N3O3. The fourth-order valence-corrected chi connectivity index (χ4v) is 2.03. The monoisotopic (exact) mass is 325 g/mol. The Morgan fingerprint density at radius 1 is 1.04 bits per heavy atom. The van der Waals surface area contributed by atoms with Crippen LogP contribution in [0.5, 0.6) is 5.75 Å². The van der Waals surface area contributed by atoms with Crippen molar-refractivity contribution in [2.75, 3.05) is 13.7 Å². The zero-order valence-corrected chi connectivity index (χ0v) is 13.4. The Labute approximate surface area is 140 Å². The number of nitrogens with one attached hydrogen (secondary N) is 2. The number of rotatable bonds is 6. The lowest BCUT2D eigenvalue weighted by Gasteiger charge is -2.05. The van der Waals surface area contributed by atoms with E-state index in [1.54, 1.807) is 19.2 Å². The summed E-state index contributed by atoms with van der Waals surface area (Å²) in [5.74, 6) is -0.903. The molecule has 0 saturated heterocycles. The van der Waals surface area contributed by atoms with Gasteiger partial charge >= 0.3 is 11.8 Å². The van der Waals surface area contributed by atoms with Crippen LogP contribution in [0.25, 0.3) is 0 Å². The number of methoxy groups -OCH3 is 1. The van der Waals surface area contributed by atoms with Crippen molar-refractivity contribution in [2.24, 2.45) is 5.10 Å². The Bertz CT molecular complexity index is 714. The van der Waals surface area contributed by atoms with Gasteiger partial charge in [-0.3, -0.25) is 9.59 Å². The first-order valence-corrected chi connectivity index (χ1v) is 7.49. The van der Waals surface area contributed by atoms with Gasteiger partial charge in [-0.15, -0.1) is 0 Å². The Morgan fingerprint density at radius 2 is 1.75 bits per heavy atom. The van der Waals surface area contributed by atoms with E-state index >= 15 is 0 Å². The highest BCUT2D eigenvalue weighted by Crippen LogP contribution is 2.14. The van der Waals surface area contributed by atoms with Crippen molar-refractivity contribution < 1.29 is 14.3 Å². The molecule has 0 unspecified atom stereocenters.